The average Bonchev–Trinajstić information content (AvgIpc) is 2.63. The Hall–Kier alpha value is -1.82. The standard InChI is InChI=1S/C18H26N2O2Si/c1-5-19(17-13-9-7-10-14-17)23(21-3,22-4)20(6-2)18-15-11-8-12-16-18/h7-16H,5-6H2,1-4H3. The van der Waals surface area contributed by atoms with Gasteiger partial charge in [-0.1, -0.05) is 36.4 Å². The van der Waals surface area contributed by atoms with Crippen LogP contribution in [0.3, 0.4) is 0 Å². The third kappa shape index (κ3) is 3.42. The molecular weight excluding hydrogens is 304 g/mol. The number of hydrogen-bond donors (Lipinski definition) is 0. The van der Waals surface area contributed by atoms with E-state index in [4.69, 9.17) is 8.85 Å². The first-order valence-corrected chi connectivity index (χ1v) is 9.70. The number of rotatable bonds is 8. The molecule has 0 spiro atoms. The smallest absolute Gasteiger partial charge is 0.365 e. The molecule has 0 saturated carbocycles. The molecule has 23 heavy (non-hydrogen) atoms. The van der Waals surface area contributed by atoms with Gasteiger partial charge in [-0.3, -0.25) is 0 Å². The molecular formula is C18H26N2O2Si. The van der Waals surface area contributed by atoms with Crippen molar-refractivity contribution in [3.8, 4) is 0 Å². The Bertz CT molecular complexity index is 527. The van der Waals surface area contributed by atoms with Gasteiger partial charge in [0.15, 0.2) is 0 Å². The number of hydrogen-bond acceptors (Lipinski definition) is 4. The van der Waals surface area contributed by atoms with E-state index in [2.05, 4.69) is 47.2 Å². The second-order valence-electron chi connectivity index (χ2n) is 5.12. The Morgan fingerprint density at radius 3 is 1.30 bits per heavy atom. The molecule has 0 aliphatic carbocycles. The van der Waals surface area contributed by atoms with Crippen molar-refractivity contribution in [3.05, 3.63) is 60.7 Å². The van der Waals surface area contributed by atoms with Gasteiger partial charge in [-0.05, 0) is 38.1 Å². The highest BCUT2D eigenvalue weighted by Gasteiger charge is 2.51. The van der Waals surface area contributed by atoms with Crippen molar-refractivity contribution in [2.75, 3.05) is 36.4 Å². The SMILES string of the molecule is CCN(c1ccccc1)[Si](OC)(OC)N(CC)c1ccccc1. The van der Waals surface area contributed by atoms with E-state index in [1.54, 1.807) is 14.2 Å². The largest absolute Gasteiger partial charge is 0.588 e. The molecule has 0 aromatic heterocycles. The van der Waals surface area contributed by atoms with Crippen LogP contribution >= 0.6 is 0 Å². The van der Waals surface area contributed by atoms with E-state index in [-0.39, 0.29) is 0 Å². The van der Waals surface area contributed by atoms with Gasteiger partial charge in [-0.2, -0.15) is 0 Å². The monoisotopic (exact) mass is 330 g/mol. The van der Waals surface area contributed by atoms with Crippen LogP contribution in [-0.2, 0) is 8.85 Å². The summed E-state index contributed by atoms with van der Waals surface area (Å²) < 4.78 is 16.6. The highest BCUT2D eigenvalue weighted by Crippen LogP contribution is 2.29. The first-order valence-electron chi connectivity index (χ1n) is 7.99. The summed E-state index contributed by atoms with van der Waals surface area (Å²) in [6.45, 7) is 5.87. The van der Waals surface area contributed by atoms with Crippen molar-refractivity contribution >= 4 is 20.3 Å². The van der Waals surface area contributed by atoms with E-state index in [9.17, 15) is 0 Å². The Morgan fingerprint density at radius 2 is 1.04 bits per heavy atom. The summed E-state index contributed by atoms with van der Waals surface area (Å²) in [5.41, 5.74) is 2.22. The molecule has 2 aromatic rings. The third-order valence-corrected chi connectivity index (χ3v) is 7.56. The van der Waals surface area contributed by atoms with Gasteiger partial charge >= 0.3 is 8.88 Å². The third-order valence-electron chi connectivity index (χ3n) is 3.98. The summed E-state index contributed by atoms with van der Waals surface area (Å²) in [6.07, 6.45) is 0. The quantitative estimate of drug-likeness (QED) is 0.688. The number of anilines is 2. The second-order valence-corrected chi connectivity index (χ2v) is 8.11. The van der Waals surface area contributed by atoms with Gasteiger partial charge in [0.25, 0.3) is 0 Å². The summed E-state index contributed by atoms with van der Waals surface area (Å²) in [5, 5.41) is 0. The van der Waals surface area contributed by atoms with Gasteiger partial charge in [-0.25, -0.2) is 0 Å². The van der Waals surface area contributed by atoms with Crippen molar-refractivity contribution in [1.82, 2.24) is 0 Å². The number of nitrogens with zero attached hydrogens (tertiary/aromatic N) is 2. The fraction of sp³-hybridized carbons (Fsp3) is 0.333. The maximum Gasteiger partial charge on any atom is 0.588 e. The minimum Gasteiger partial charge on any atom is -0.365 e. The Morgan fingerprint density at radius 1 is 0.696 bits per heavy atom. The zero-order valence-corrected chi connectivity index (χ0v) is 15.4. The summed E-state index contributed by atoms with van der Waals surface area (Å²) in [4.78, 5) is 0. The van der Waals surface area contributed by atoms with E-state index in [0.29, 0.717) is 0 Å². The minimum absolute atomic E-state index is 0.807. The topological polar surface area (TPSA) is 24.9 Å². The van der Waals surface area contributed by atoms with Crippen LogP contribution in [-0.4, -0.2) is 36.2 Å². The van der Waals surface area contributed by atoms with Crippen LogP contribution in [0.5, 0.6) is 0 Å². The van der Waals surface area contributed by atoms with E-state index < -0.39 is 8.88 Å². The molecule has 0 aliphatic heterocycles. The molecule has 2 aromatic carbocycles. The average molecular weight is 331 g/mol. The zero-order valence-electron chi connectivity index (χ0n) is 14.4. The predicted octanol–water partition coefficient (Wildman–Crippen LogP) is 3.77. The van der Waals surface area contributed by atoms with Crippen LogP contribution in [0.1, 0.15) is 13.8 Å². The number of para-hydroxylation sites is 2. The molecule has 2 rings (SSSR count). The number of benzene rings is 2. The Labute approximate surface area is 140 Å². The first kappa shape index (κ1) is 17.5. The van der Waals surface area contributed by atoms with Gasteiger partial charge < -0.3 is 18.0 Å². The maximum atomic E-state index is 6.07. The van der Waals surface area contributed by atoms with Crippen molar-refractivity contribution in [1.29, 1.82) is 0 Å². The molecule has 0 atom stereocenters. The molecule has 0 N–H and O–H groups in total. The van der Waals surface area contributed by atoms with Crippen molar-refractivity contribution < 1.29 is 8.85 Å². The highest BCUT2D eigenvalue weighted by molar-refractivity contribution is 6.75. The summed E-state index contributed by atoms with van der Waals surface area (Å²) in [7, 11) is 0.669. The molecule has 0 aliphatic rings. The normalized spacial score (nSPS) is 11.3. The van der Waals surface area contributed by atoms with Crippen LogP contribution in [0.4, 0.5) is 11.4 Å². The van der Waals surface area contributed by atoms with Crippen LogP contribution in [0.25, 0.3) is 0 Å². The van der Waals surface area contributed by atoms with Crippen molar-refractivity contribution in [3.63, 3.8) is 0 Å². The van der Waals surface area contributed by atoms with Crippen molar-refractivity contribution in [2.45, 2.75) is 13.8 Å². The zero-order chi connectivity index (χ0) is 16.7. The molecule has 0 radical (unpaired) electrons. The Balaban J connectivity index is 2.52. The van der Waals surface area contributed by atoms with Gasteiger partial charge in [0.05, 0.1) is 0 Å². The molecule has 0 saturated heterocycles. The lowest BCUT2D eigenvalue weighted by Crippen LogP contribution is -2.70. The highest BCUT2D eigenvalue weighted by atomic mass is 28.4. The van der Waals surface area contributed by atoms with Crippen LogP contribution in [0.15, 0.2) is 60.7 Å². The Kier molecular flexibility index (Phi) is 6.21. The molecule has 0 amide bonds. The molecule has 124 valence electrons. The van der Waals surface area contributed by atoms with Crippen molar-refractivity contribution in [2.24, 2.45) is 0 Å². The molecule has 0 bridgehead atoms. The fourth-order valence-electron chi connectivity index (χ4n) is 2.98. The van der Waals surface area contributed by atoms with Crippen LogP contribution < -0.4 is 9.13 Å². The van der Waals surface area contributed by atoms with Gasteiger partial charge in [0.1, 0.15) is 0 Å². The van der Waals surface area contributed by atoms with E-state index in [1.807, 2.05) is 36.4 Å². The molecule has 0 unspecified atom stereocenters. The van der Waals surface area contributed by atoms with Gasteiger partial charge in [-0.15, -0.1) is 0 Å². The summed E-state index contributed by atoms with van der Waals surface area (Å²) >= 11 is 0. The predicted molar refractivity (Wildman–Crippen MR) is 98.7 cm³/mol. The molecule has 5 heteroatoms. The second kappa shape index (κ2) is 8.15. The lowest BCUT2D eigenvalue weighted by Gasteiger charge is -2.45. The lowest BCUT2D eigenvalue weighted by molar-refractivity contribution is 0.236. The minimum atomic E-state index is -2.82. The van der Waals surface area contributed by atoms with E-state index in [1.165, 1.54) is 0 Å². The van der Waals surface area contributed by atoms with E-state index in [0.717, 1.165) is 24.5 Å². The molecule has 0 fully saturated rings. The fourth-order valence-corrected chi connectivity index (χ4v) is 6.07. The van der Waals surface area contributed by atoms with Crippen LogP contribution in [0, 0.1) is 0 Å². The van der Waals surface area contributed by atoms with E-state index >= 15 is 0 Å². The first-order chi connectivity index (χ1) is 11.2. The molecule has 0 heterocycles. The summed E-state index contributed by atoms with van der Waals surface area (Å²) in [5.74, 6) is 0. The summed E-state index contributed by atoms with van der Waals surface area (Å²) in [6, 6.07) is 20.6. The maximum absolute atomic E-state index is 6.07. The van der Waals surface area contributed by atoms with Crippen LogP contribution in [0.2, 0.25) is 0 Å². The van der Waals surface area contributed by atoms with Gasteiger partial charge in [0, 0.05) is 38.7 Å². The van der Waals surface area contributed by atoms with Gasteiger partial charge in [0.2, 0.25) is 0 Å². The lowest BCUT2D eigenvalue weighted by atomic mass is 10.3. The molecule has 4 nitrogen and oxygen atoms in total.